The number of halogens is 1. The molecular weight excluding hydrogens is 462 g/mol. The van der Waals surface area contributed by atoms with Gasteiger partial charge in [-0.25, -0.2) is 0 Å². The summed E-state index contributed by atoms with van der Waals surface area (Å²) in [6.07, 6.45) is 3.27. The summed E-state index contributed by atoms with van der Waals surface area (Å²) in [5.74, 6) is 1.29. The molecule has 3 heterocycles. The number of piperidine rings is 2. The number of nitrogens with zero attached hydrogens (tertiary/aromatic N) is 3. The average Bonchev–Trinajstić information content (AvgIpc) is 3.24. The Kier molecular flexibility index (Phi) is 6.20. The van der Waals surface area contributed by atoms with E-state index in [-0.39, 0.29) is 5.91 Å². The van der Waals surface area contributed by atoms with Crippen molar-refractivity contribution in [1.29, 1.82) is 0 Å². The molecule has 1 amide bonds. The lowest BCUT2D eigenvalue weighted by Gasteiger charge is -2.46. The maximum Gasteiger partial charge on any atom is 0.270 e. The Morgan fingerprint density at radius 1 is 0.875 bits per heavy atom. The molecule has 1 aromatic heterocycles. The average molecular weight is 492 g/mol. The van der Waals surface area contributed by atoms with Crippen LogP contribution in [-0.2, 0) is 13.1 Å². The zero-order chi connectivity index (χ0) is 22.1. The van der Waals surface area contributed by atoms with E-state index in [1.807, 2.05) is 18.3 Å². The van der Waals surface area contributed by atoms with Crippen molar-refractivity contribution in [2.75, 3.05) is 26.2 Å². The molecular formula is C27H30BrN3O. The molecule has 2 aromatic carbocycles. The third kappa shape index (κ3) is 4.84. The molecule has 0 radical (unpaired) electrons. The van der Waals surface area contributed by atoms with Crippen LogP contribution >= 0.6 is 15.9 Å². The van der Waals surface area contributed by atoms with E-state index in [4.69, 9.17) is 0 Å². The molecule has 0 spiro atoms. The fraction of sp³-hybridized carbons (Fsp3) is 0.370. The Morgan fingerprint density at radius 3 is 2.19 bits per heavy atom. The van der Waals surface area contributed by atoms with Crippen LogP contribution in [0.2, 0.25) is 0 Å². The van der Waals surface area contributed by atoms with E-state index >= 15 is 0 Å². The van der Waals surface area contributed by atoms with Crippen molar-refractivity contribution in [1.82, 2.24) is 14.4 Å². The van der Waals surface area contributed by atoms with Gasteiger partial charge in [-0.1, -0.05) is 57.9 Å². The molecule has 0 aliphatic carbocycles. The standard InChI is InChI=1S/C27H30BrN3O/c1-20-4-6-22(7-5-20)17-30-12-2-3-26(30)27(32)31-18-23-13-24(19-31)16-29(15-23)14-21-8-10-25(28)11-9-21/h2-12,23-24H,13-19H2,1H3/t23-,24?/m0/s1. The second-order valence-electron chi connectivity index (χ2n) is 9.51. The molecule has 5 heteroatoms. The molecule has 166 valence electrons. The highest BCUT2D eigenvalue weighted by atomic mass is 79.9. The molecule has 1 unspecified atom stereocenters. The second kappa shape index (κ2) is 9.24. The number of amides is 1. The van der Waals surface area contributed by atoms with E-state index in [0.717, 1.165) is 49.4 Å². The van der Waals surface area contributed by atoms with E-state index < -0.39 is 0 Å². The molecule has 2 aliphatic heterocycles. The largest absolute Gasteiger partial charge is 0.339 e. The van der Waals surface area contributed by atoms with E-state index in [9.17, 15) is 4.79 Å². The first kappa shape index (κ1) is 21.5. The Hall–Kier alpha value is -2.37. The van der Waals surface area contributed by atoms with Gasteiger partial charge in [0.05, 0.1) is 0 Å². The van der Waals surface area contributed by atoms with Crippen LogP contribution in [0.1, 0.15) is 33.6 Å². The molecule has 2 saturated heterocycles. The number of rotatable bonds is 5. The van der Waals surface area contributed by atoms with Crippen LogP contribution in [0, 0.1) is 18.8 Å². The van der Waals surface area contributed by atoms with Gasteiger partial charge in [-0.2, -0.15) is 0 Å². The van der Waals surface area contributed by atoms with Crippen LogP contribution in [0.3, 0.4) is 0 Å². The second-order valence-corrected chi connectivity index (χ2v) is 10.4. The quantitative estimate of drug-likeness (QED) is 0.490. The van der Waals surface area contributed by atoms with Crippen LogP contribution in [0.4, 0.5) is 0 Å². The molecule has 0 saturated carbocycles. The minimum absolute atomic E-state index is 0.179. The molecule has 4 nitrogen and oxygen atoms in total. The fourth-order valence-electron chi connectivity index (χ4n) is 5.33. The van der Waals surface area contributed by atoms with Gasteiger partial charge in [0.2, 0.25) is 0 Å². The van der Waals surface area contributed by atoms with Gasteiger partial charge in [0.15, 0.2) is 0 Å². The molecule has 5 rings (SSSR count). The number of carbonyl (C=O) groups is 1. The van der Waals surface area contributed by atoms with Crippen molar-refractivity contribution < 1.29 is 4.79 Å². The first-order chi connectivity index (χ1) is 15.5. The number of benzene rings is 2. The Morgan fingerprint density at radius 2 is 1.50 bits per heavy atom. The third-order valence-electron chi connectivity index (χ3n) is 6.79. The van der Waals surface area contributed by atoms with Gasteiger partial charge in [-0.3, -0.25) is 9.69 Å². The van der Waals surface area contributed by atoms with E-state index in [1.54, 1.807) is 0 Å². The summed E-state index contributed by atoms with van der Waals surface area (Å²) in [5, 5.41) is 0. The molecule has 32 heavy (non-hydrogen) atoms. The van der Waals surface area contributed by atoms with Gasteiger partial charge in [0, 0.05) is 49.9 Å². The predicted octanol–water partition coefficient (Wildman–Crippen LogP) is 5.20. The highest BCUT2D eigenvalue weighted by molar-refractivity contribution is 9.10. The summed E-state index contributed by atoms with van der Waals surface area (Å²) in [4.78, 5) is 18.1. The molecule has 2 fully saturated rings. The Balaban J connectivity index is 1.23. The van der Waals surface area contributed by atoms with E-state index in [1.165, 1.54) is 23.1 Å². The summed E-state index contributed by atoms with van der Waals surface area (Å²) in [5.41, 5.74) is 4.64. The van der Waals surface area contributed by atoms with Crippen molar-refractivity contribution in [3.05, 3.63) is 93.7 Å². The number of carbonyl (C=O) groups excluding carboxylic acids is 1. The van der Waals surface area contributed by atoms with Crippen LogP contribution in [0.5, 0.6) is 0 Å². The van der Waals surface area contributed by atoms with Crippen LogP contribution in [0.15, 0.2) is 71.3 Å². The number of fused-ring (bicyclic) bond motifs is 2. The fourth-order valence-corrected chi connectivity index (χ4v) is 5.59. The summed E-state index contributed by atoms with van der Waals surface area (Å²) >= 11 is 3.52. The topological polar surface area (TPSA) is 28.5 Å². The van der Waals surface area contributed by atoms with Crippen LogP contribution in [-0.4, -0.2) is 46.5 Å². The van der Waals surface area contributed by atoms with E-state index in [2.05, 4.69) is 85.8 Å². The zero-order valence-corrected chi connectivity index (χ0v) is 20.2. The van der Waals surface area contributed by atoms with Crippen molar-refractivity contribution in [2.24, 2.45) is 11.8 Å². The van der Waals surface area contributed by atoms with Crippen molar-refractivity contribution >= 4 is 21.8 Å². The number of likely N-dealkylation sites (tertiary alicyclic amines) is 2. The SMILES string of the molecule is Cc1ccc(Cn2cccc2C(=O)N2CC3C[C@@H](CN(Cc4ccc(Br)cc4)C3)C2)cc1. The third-order valence-corrected chi connectivity index (χ3v) is 7.31. The monoisotopic (exact) mass is 491 g/mol. The van der Waals surface area contributed by atoms with Gasteiger partial charge in [0.25, 0.3) is 5.91 Å². The minimum atomic E-state index is 0.179. The van der Waals surface area contributed by atoms with Gasteiger partial charge >= 0.3 is 0 Å². The summed E-state index contributed by atoms with van der Waals surface area (Å²) < 4.78 is 3.22. The lowest BCUT2D eigenvalue weighted by molar-refractivity contribution is 0.0232. The van der Waals surface area contributed by atoms with Crippen LogP contribution in [0.25, 0.3) is 0 Å². The number of hydrogen-bond donors (Lipinski definition) is 0. The number of aryl methyl sites for hydroxylation is 1. The zero-order valence-electron chi connectivity index (χ0n) is 18.6. The van der Waals surface area contributed by atoms with Crippen LogP contribution < -0.4 is 0 Å². The number of aromatic nitrogens is 1. The lowest BCUT2D eigenvalue weighted by atomic mass is 9.84. The molecule has 2 atom stereocenters. The number of hydrogen-bond acceptors (Lipinski definition) is 2. The summed E-state index contributed by atoms with van der Waals surface area (Å²) in [6.45, 7) is 7.69. The smallest absolute Gasteiger partial charge is 0.270 e. The summed E-state index contributed by atoms with van der Waals surface area (Å²) in [6, 6.07) is 21.2. The van der Waals surface area contributed by atoms with E-state index in [0.29, 0.717) is 11.8 Å². The molecule has 2 bridgehead atoms. The van der Waals surface area contributed by atoms with Gasteiger partial charge in [-0.05, 0) is 60.6 Å². The molecule has 2 aliphatic rings. The van der Waals surface area contributed by atoms with Crippen molar-refractivity contribution in [3.63, 3.8) is 0 Å². The highest BCUT2D eigenvalue weighted by Gasteiger charge is 2.36. The summed E-state index contributed by atoms with van der Waals surface area (Å²) in [7, 11) is 0. The molecule has 3 aromatic rings. The first-order valence-electron chi connectivity index (χ1n) is 11.5. The predicted molar refractivity (Wildman–Crippen MR) is 132 cm³/mol. The molecule has 0 N–H and O–H groups in total. The highest BCUT2D eigenvalue weighted by Crippen LogP contribution is 2.30. The Labute approximate surface area is 199 Å². The Bertz CT molecular complexity index is 1060. The van der Waals surface area contributed by atoms with Gasteiger partial charge in [-0.15, -0.1) is 0 Å². The first-order valence-corrected chi connectivity index (χ1v) is 12.3. The normalized spacial score (nSPS) is 21.0. The maximum absolute atomic E-state index is 13.4. The minimum Gasteiger partial charge on any atom is -0.339 e. The van der Waals surface area contributed by atoms with Gasteiger partial charge in [0.1, 0.15) is 5.69 Å². The van der Waals surface area contributed by atoms with Crippen molar-refractivity contribution in [3.8, 4) is 0 Å². The van der Waals surface area contributed by atoms with Crippen molar-refractivity contribution in [2.45, 2.75) is 26.4 Å². The van der Waals surface area contributed by atoms with Gasteiger partial charge < -0.3 is 9.47 Å². The lowest BCUT2D eigenvalue weighted by Crippen LogP contribution is -2.54. The maximum atomic E-state index is 13.4.